The van der Waals surface area contributed by atoms with Crippen LogP contribution in [0.1, 0.15) is 5.56 Å². The summed E-state index contributed by atoms with van der Waals surface area (Å²) in [7, 11) is 0. The molecule has 0 heterocycles. The topological polar surface area (TPSA) is 26.0 Å². The van der Waals surface area contributed by atoms with Crippen molar-refractivity contribution < 1.29 is 0 Å². The van der Waals surface area contributed by atoms with Crippen LogP contribution in [0, 0.1) is 0 Å². The van der Waals surface area contributed by atoms with Crippen molar-refractivity contribution >= 4 is 0 Å². The molecule has 0 radical (unpaired) electrons. The number of hydrogen-bond donors (Lipinski definition) is 1. The summed E-state index contributed by atoms with van der Waals surface area (Å²) < 4.78 is 0. The zero-order valence-electron chi connectivity index (χ0n) is 11.3. The molecule has 3 rings (SSSR count). The van der Waals surface area contributed by atoms with E-state index in [2.05, 4.69) is 72.8 Å². The number of rotatable bonds is 3. The lowest BCUT2D eigenvalue weighted by molar-refractivity contribution is 1.07. The van der Waals surface area contributed by atoms with E-state index in [-0.39, 0.29) is 0 Å². The zero-order chi connectivity index (χ0) is 13.8. The van der Waals surface area contributed by atoms with Gasteiger partial charge in [-0.25, -0.2) is 0 Å². The SMILES string of the molecule is NCc1ccc(-c2cccc(-c3ccccc3)c2)cc1. The van der Waals surface area contributed by atoms with Gasteiger partial charge in [0.1, 0.15) is 0 Å². The molecule has 0 unspecified atom stereocenters. The van der Waals surface area contributed by atoms with E-state index in [1.165, 1.54) is 22.3 Å². The van der Waals surface area contributed by atoms with Crippen molar-refractivity contribution in [1.82, 2.24) is 0 Å². The van der Waals surface area contributed by atoms with Crippen LogP contribution < -0.4 is 5.73 Å². The second kappa shape index (κ2) is 5.72. The van der Waals surface area contributed by atoms with Crippen molar-refractivity contribution in [3.8, 4) is 22.3 Å². The smallest absolute Gasteiger partial charge is 0.0178 e. The van der Waals surface area contributed by atoms with Gasteiger partial charge in [0, 0.05) is 6.54 Å². The fourth-order valence-corrected chi connectivity index (χ4v) is 2.34. The molecule has 98 valence electrons. The lowest BCUT2D eigenvalue weighted by Crippen LogP contribution is -1.95. The van der Waals surface area contributed by atoms with Crippen LogP contribution in [0.2, 0.25) is 0 Å². The third-order valence-corrected chi connectivity index (χ3v) is 3.49. The summed E-state index contributed by atoms with van der Waals surface area (Å²) in [5, 5.41) is 0. The molecule has 3 aromatic rings. The number of hydrogen-bond acceptors (Lipinski definition) is 1. The van der Waals surface area contributed by atoms with E-state index in [4.69, 9.17) is 5.73 Å². The van der Waals surface area contributed by atoms with Crippen molar-refractivity contribution in [2.24, 2.45) is 5.73 Å². The maximum atomic E-state index is 5.64. The molecule has 3 aromatic carbocycles. The highest BCUT2D eigenvalue weighted by Gasteiger charge is 2.01. The first-order chi connectivity index (χ1) is 9.86. The third-order valence-electron chi connectivity index (χ3n) is 3.49. The Kier molecular flexibility index (Phi) is 3.62. The van der Waals surface area contributed by atoms with Gasteiger partial charge in [0.15, 0.2) is 0 Å². The average molecular weight is 259 g/mol. The first-order valence-corrected chi connectivity index (χ1v) is 6.82. The summed E-state index contributed by atoms with van der Waals surface area (Å²) in [5.41, 5.74) is 11.7. The summed E-state index contributed by atoms with van der Waals surface area (Å²) in [4.78, 5) is 0. The third kappa shape index (κ3) is 2.63. The molecule has 0 aliphatic carbocycles. The van der Waals surface area contributed by atoms with Crippen LogP contribution in [0.4, 0.5) is 0 Å². The van der Waals surface area contributed by atoms with E-state index in [0.29, 0.717) is 6.54 Å². The highest BCUT2D eigenvalue weighted by atomic mass is 14.5. The Morgan fingerprint density at radius 3 is 1.70 bits per heavy atom. The van der Waals surface area contributed by atoms with Gasteiger partial charge in [-0.3, -0.25) is 0 Å². The van der Waals surface area contributed by atoms with Gasteiger partial charge in [0.25, 0.3) is 0 Å². The fourth-order valence-electron chi connectivity index (χ4n) is 2.34. The van der Waals surface area contributed by atoms with Crippen LogP contribution >= 0.6 is 0 Å². The van der Waals surface area contributed by atoms with E-state index in [1.807, 2.05) is 6.07 Å². The largest absolute Gasteiger partial charge is 0.326 e. The van der Waals surface area contributed by atoms with Crippen LogP contribution in [0.15, 0.2) is 78.9 Å². The summed E-state index contributed by atoms with van der Waals surface area (Å²) in [6, 6.07) is 27.5. The summed E-state index contributed by atoms with van der Waals surface area (Å²) in [6.45, 7) is 0.588. The van der Waals surface area contributed by atoms with E-state index in [1.54, 1.807) is 0 Å². The molecule has 0 saturated heterocycles. The molecule has 0 spiro atoms. The molecular formula is C19H17N. The lowest BCUT2D eigenvalue weighted by Gasteiger charge is -2.07. The van der Waals surface area contributed by atoms with E-state index in [0.717, 1.165) is 5.56 Å². The van der Waals surface area contributed by atoms with Crippen LogP contribution in [-0.2, 0) is 6.54 Å². The predicted molar refractivity (Wildman–Crippen MR) is 85.2 cm³/mol. The Morgan fingerprint density at radius 1 is 0.550 bits per heavy atom. The van der Waals surface area contributed by atoms with E-state index in [9.17, 15) is 0 Å². The fraction of sp³-hybridized carbons (Fsp3) is 0.0526. The first-order valence-electron chi connectivity index (χ1n) is 6.82. The van der Waals surface area contributed by atoms with Gasteiger partial charge >= 0.3 is 0 Å². The Bertz CT molecular complexity index is 684. The van der Waals surface area contributed by atoms with Crippen molar-refractivity contribution in [2.45, 2.75) is 6.54 Å². The lowest BCUT2D eigenvalue weighted by atomic mass is 9.98. The van der Waals surface area contributed by atoms with Crippen LogP contribution in [0.25, 0.3) is 22.3 Å². The number of benzene rings is 3. The first kappa shape index (κ1) is 12.6. The highest BCUT2D eigenvalue weighted by molar-refractivity contribution is 5.73. The minimum Gasteiger partial charge on any atom is -0.326 e. The Balaban J connectivity index is 1.98. The van der Waals surface area contributed by atoms with Crippen molar-refractivity contribution in [1.29, 1.82) is 0 Å². The molecular weight excluding hydrogens is 242 g/mol. The summed E-state index contributed by atoms with van der Waals surface area (Å²) >= 11 is 0. The molecule has 20 heavy (non-hydrogen) atoms. The normalized spacial score (nSPS) is 10.4. The molecule has 0 aliphatic heterocycles. The van der Waals surface area contributed by atoms with Crippen molar-refractivity contribution in [3.05, 3.63) is 84.4 Å². The van der Waals surface area contributed by atoms with Gasteiger partial charge in [-0.05, 0) is 33.9 Å². The molecule has 0 saturated carbocycles. The van der Waals surface area contributed by atoms with Crippen molar-refractivity contribution in [3.63, 3.8) is 0 Å². The molecule has 0 amide bonds. The maximum absolute atomic E-state index is 5.64. The van der Waals surface area contributed by atoms with E-state index >= 15 is 0 Å². The number of nitrogens with two attached hydrogens (primary N) is 1. The standard InChI is InChI=1S/C19H17N/c20-14-15-9-11-17(12-10-15)19-8-4-7-18(13-19)16-5-2-1-3-6-16/h1-13H,14,20H2. The Hall–Kier alpha value is -2.38. The van der Waals surface area contributed by atoms with Gasteiger partial charge in [-0.1, -0.05) is 72.8 Å². The second-order valence-corrected chi connectivity index (χ2v) is 4.85. The van der Waals surface area contributed by atoms with Crippen LogP contribution in [0.3, 0.4) is 0 Å². The molecule has 0 fully saturated rings. The summed E-state index contributed by atoms with van der Waals surface area (Å²) in [5.74, 6) is 0. The molecule has 1 heteroatoms. The van der Waals surface area contributed by atoms with Gasteiger partial charge in [-0.2, -0.15) is 0 Å². The highest BCUT2D eigenvalue weighted by Crippen LogP contribution is 2.26. The molecule has 1 nitrogen and oxygen atoms in total. The van der Waals surface area contributed by atoms with Gasteiger partial charge in [-0.15, -0.1) is 0 Å². The molecule has 0 atom stereocenters. The Morgan fingerprint density at radius 2 is 1.10 bits per heavy atom. The average Bonchev–Trinajstić information content (AvgIpc) is 2.56. The molecule has 0 aromatic heterocycles. The van der Waals surface area contributed by atoms with Gasteiger partial charge in [0.2, 0.25) is 0 Å². The van der Waals surface area contributed by atoms with Crippen LogP contribution in [-0.4, -0.2) is 0 Å². The minimum atomic E-state index is 0.588. The molecule has 2 N–H and O–H groups in total. The monoisotopic (exact) mass is 259 g/mol. The minimum absolute atomic E-state index is 0.588. The molecule has 0 aliphatic rings. The quantitative estimate of drug-likeness (QED) is 0.737. The van der Waals surface area contributed by atoms with Gasteiger partial charge < -0.3 is 5.73 Å². The second-order valence-electron chi connectivity index (χ2n) is 4.85. The maximum Gasteiger partial charge on any atom is 0.0178 e. The van der Waals surface area contributed by atoms with Crippen LogP contribution in [0.5, 0.6) is 0 Å². The van der Waals surface area contributed by atoms with Gasteiger partial charge in [0.05, 0.1) is 0 Å². The summed E-state index contributed by atoms with van der Waals surface area (Å²) in [6.07, 6.45) is 0. The van der Waals surface area contributed by atoms with Crippen molar-refractivity contribution in [2.75, 3.05) is 0 Å². The zero-order valence-corrected chi connectivity index (χ0v) is 11.3. The Labute approximate surface area is 119 Å². The van der Waals surface area contributed by atoms with E-state index < -0.39 is 0 Å². The predicted octanol–water partition coefficient (Wildman–Crippen LogP) is 4.48. The molecule has 0 bridgehead atoms.